The van der Waals surface area contributed by atoms with Crippen LogP contribution < -0.4 is 0 Å². The summed E-state index contributed by atoms with van der Waals surface area (Å²) in [4.78, 5) is 21.7. The van der Waals surface area contributed by atoms with Crippen LogP contribution in [0.3, 0.4) is 0 Å². The molecule has 232 valence electrons. The Hall–Kier alpha value is -2.49. The van der Waals surface area contributed by atoms with Gasteiger partial charge in [-0.05, 0) is 90.2 Å². The number of Topliss-reactive ketones (excluding diaryl/α,β-unsaturated/α-hetero) is 1. The summed E-state index contributed by atoms with van der Waals surface area (Å²) >= 11 is 2.02. The molecule has 0 saturated heterocycles. The molecule has 9 heteroatoms. The highest BCUT2D eigenvalue weighted by Gasteiger charge is 2.38. The van der Waals surface area contributed by atoms with E-state index in [0.29, 0.717) is 17.1 Å². The maximum absolute atomic E-state index is 14.6. The normalized spacial score (nSPS) is 21.2. The summed E-state index contributed by atoms with van der Waals surface area (Å²) in [5.41, 5.74) is 0.752. The van der Waals surface area contributed by atoms with Crippen LogP contribution in [0.2, 0.25) is 18.1 Å². The third-order valence-electron chi connectivity index (χ3n) is 9.16. The van der Waals surface area contributed by atoms with E-state index in [0.717, 1.165) is 54.5 Å². The zero-order valence-corrected chi connectivity index (χ0v) is 28.0. The third kappa shape index (κ3) is 7.78. The number of carbonyl (C=O) groups excluding carboxylic acids is 1. The second kappa shape index (κ2) is 13.7. The smallest absolute Gasteiger partial charge is 0.192 e. The lowest BCUT2D eigenvalue weighted by molar-refractivity contribution is 0.0987. The fourth-order valence-corrected chi connectivity index (χ4v) is 8.37. The predicted octanol–water partition coefficient (Wildman–Crippen LogP) is 9.26. The van der Waals surface area contributed by atoms with Crippen LogP contribution in [0.4, 0.5) is 13.2 Å². The topological polar surface area (TPSA) is 52.1 Å². The van der Waals surface area contributed by atoms with Crippen molar-refractivity contribution in [1.82, 2.24) is 9.97 Å². The number of aromatic nitrogens is 2. The number of ketones is 1. The third-order valence-corrected chi connectivity index (χ3v) is 15.4. The van der Waals surface area contributed by atoms with Crippen LogP contribution in [0.1, 0.15) is 75.0 Å². The van der Waals surface area contributed by atoms with Gasteiger partial charge in [-0.2, -0.15) is 11.8 Å². The number of hydrogen-bond donors (Lipinski definition) is 0. The van der Waals surface area contributed by atoms with E-state index in [2.05, 4.69) is 57.7 Å². The number of hydrogen-bond acceptors (Lipinski definition) is 5. The van der Waals surface area contributed by atoms with Gasteiger partial charge in [-0.15, -0.1) is 0 Å². The minimum Gasteiger partial charge on any atom is -0.416 e. The molecule has 2 unspecified atom stereocenters. The van der Waals surface area contributed by atoms with Crippen LogP contribution in [-0.2, 0) is 10.8 Å². The van der Waals surface area contributed by atoms with E-state index < -0.39 is 37.0 Å². The van der Waals surface area contributed by atoms with Gasteiger partial charge in [0.05, 0.1) is 5.56 Å². The van der Waals surface area contributed by atoms with Gasteiger partial charge in [0.1, 0.15) is 28.8 Å². The average molecular weight is 629 g/mol. The summed E-state index contributed by atoms with van der Waals surface area (Å²) in [6.07, 6.45) is 5.49. The number of carbonyl (C=O) groups is 1. The molecule has 43 heavy (non-hydrogen) atoms. The molecule has 2 heterocycles. The van der Waals surface area contributed by atoms with Crippen LogP contribution in [-0.4, -0.2) is 41.7 Å². The molecule has 1 fully saturated rings. The molecule has 2 aromatic heterocycles. The standard InChI is InChI=1S/C34H43F3N2O2SSi/c1-21-17-23(18-22(2)33(21)42-16-15-41-43(6,7)34(3,4)5)25-13-14-38-20-24(25)19-30(40)29-12-11-28(37)32(39-29)31-26(35)9-8-10-27(31)36/h8-14,20-23,33H,15-19H2,1-7H3/t21-,22+,23?,33?. The molecule has 0 amide bonds. The quantitative estimate of drug-likeness (QED) is 0.127. The van der Waals surface area contributed by atoms with Crippen LogP contribution in [0, 0.1) is 29.3 Å². The van der Waals surface area contributed by atoms with Crippen molar-refractivity contribution < 1.29 is 22.4 Å². The molecule has 0 bridgehead atoms. The largest absolute Gasteiger partial charge is 0.416 e. The SMILES string of the molecule is C[C@@H]1CC(c2ccncc2CC(=O)c2ccc(F)c(-c3c(F)cccc3F)n2)C[C@H](C)C1SCCO[Si](C)(C)C(C)(C)C. The Labute approximate surface area is 259 Å². The summed E-state index contributed by atoms with van der Waals surface area (Å²) in [6, 6.07) is 7.56. The minimum atomic E-state index is -1.76. The van der Waals surface area contributed by atoms with Gasteiger partial charge in [-0.25, -0.2) is 18.2 Å². The molecule has 1 aromatic carbocycles. The first-order valence-electron chi connectivity index (χ1n) is 15.0. The maximum Gasteiger partial charge on any atom is 0.192 e. The van der Waals surface area contributed by atoms with E-state index in [1.807, 2.05) is 17.8 Å². The number of nitrogens with zero attached hydrogens (tertiary/aromatic N) is 2. The van der Waals surface area contributed by atoms with Crippen molar-refractivity contribution in [2.24, 2.45) is 11.8 Å². The van der Waals surface area contributed by atoms with Crippen LogP contribution in [0.15, 0.2) is 48.8 Å². The molecule has 1 aliphatic carbocycles. The lowest BCUT2D eigenvalue weighted by Gasteiger charge is -2.40. The fourth-order valence-electron chi connectivity index (χ4n) is 5.85. The van der Waals surface area contributed by atoms with Gasteiger partial charge in [0, 0.05) is 36.4 Å². The Kier molecular flexibility index (Phi) is 10.6. The van der Waals surface area contributed by atoms with Crippen molar-refractivity contribution in [2.75, 3.05) is 12.4 Å². The van der Waals surface area contributed by atoms with E-state index >= 15 is 0 Å². The molecule has 0 radical (unpaired) electrons. The van der Waals surface area contributed by atoms with Gasteiger partial charge in [0.2, 0.25) is 0 Å². The lowest BCUT2D eigenvalue weighted by Crippen LogP contribution is -2.41. The van der Waals surface area contributed by atoms with Crippen molar-refractivity contribution in [1.29, 1.82) is 0 Å². The molecule has 0 spiro atoms. The minimum absolute atomic E-state index is 0.0171. The number of pyridine rings is 2. The molecule has 1 saturated carbocycles. The molecule has 4 rings (SSSR count). The van der Waals surface area contributed by atoms with Gasteiger partial charge in [-0.1, -0.05) is 40.7 Å². The van der Waals surface area contributed by atoms with E-state index in [9.17, 15) is 18.0 Å². The molecule has 4 nitrogen and oxygen atoms in total. The Morgan fingerprint density at radius 3 is 2.28 bits per heavy atom. The van der Waals surface area contributed by atoms with Gasteiger partial charge in [-0.3, -0.25) is 9.78 Å². The Morgan fingerprint density at radius 1 is 1.00 bits per heavy atom. The van der Waals surface area contributed by atoms with Crippen molar-refractivity contribution in [3.8, 4) is 11.3 Å². The second-order valence-electron chi connectivity index (χ2n) is 13.4. The number of benzene rings is 1. The molecular formula is C34H43F3N2O2SSi. The molecule has 4 atom stereocenters. The average Bonchev–Trinajstić information content (AvgIpc) is 2.92. The highest BCUT2D eigenvalue weighted by molar-refractivity contribution is 7.99. The highest BCUT2D eigenvalue weighted by atomic mass is 32.2. The van der Waals surface area contributed by atoms with Crippen LogP contribution in [0.25, 0.3) is 11.3 Å². The summed E-state index contributed by atoms with van der Waals surface area (Å²) in [6.45, 7) is 16.8. The monoisotopic (exact) mass is 628 g/mol. The van der Waals surface area contributed by atoms with Crippen molar-refractivity contribution in [2.45, 2.75) is 83.2 Å². The molecule has 1 aliphatic rings. The van der Waals surface area contributed by atoms with Crippen LogP contribution >= 0.6 is 11.8 Å². The van der Waals surface area contributed by atoms with Crippen molar-refractivity contribution in [3.05, 3.63) is 83.1 Å². The highest BCUT2D eigenvalue weighted by Crippen LogP contribution is 2.45. The molecule has 0 N–H and O–H groups in total. The number of halogens is 3. The zero-order valence-electron chi connectivity index (χ0n) is 26.2. The first-order valence-corrected chi connectivity index (χ1v) is 19.0. The van der Waals surface area contributed by atoms with Crippen molar-refractivity contribution >= 4 is 25.9 Å². The van der Waals surface area contributed by atoms with E-state index in [-0.39, 0.29) is 28.9 Å². The van der Waals surface area contributed by atoms with Gasteiger partial charge in [0.25, 0.3) is 0 Å². The lowest BCUT2D eigenvalue weighted by atomic mass is 9.72. The Balaban J connectivity index is 1.44. The molecular weight excluding hydrogens is 586 g/mol. The van der Waals surface area contributed by atoms with Crippen LogP contribution in [0.5, 0.6) is 0 Å². The molecule has 0 aliphatic heterocycles. The van der Waals surface area contributed by atoms with Crippen molar-refractivity contribution in [3.63, 3.8) is 0 Å². The Morgan fingerprint density at radius 2 is 1.65 bits per heavy atom. The number of thioether (sulfide) groups is 1. The first kappa shape index (κ1) is 33.4. The summed E-state index contributed by atoms with van der Waals surface area (Å²) in [5.74, 6) is -0.905. The second-order valence-corrected chi connectivity index (χ2v) is 19.5. The first-order chi connectivity index (χ1) is 20.2. The van der Waals surface area contributed by atoms with E-state index in [4.69, 9.17) is 4.43 Å². The Bertz CT molecular complexity index is 1410. The zero-order chi connectivity index (χ0) is 31.5. The predicted molar refractivity (Wildman–Crippen MR) is 172 cm³/mol. The summed E-state index contributed by atoms with van der Waals surface area (Å²) in [7, 11) is -1.76. The van der Waals surface area contributed by atoms with E-state index in [1.165, 1.54) is 12.1 Å². The fraction of sp³-hybridized carbons (Fsp3) is 0.500. The molecule has 3 aromatic rings. The summed E-state index contributed by atoms with van der Waals surface area (Å²) < 4.78 is 49.7. The van der Waals surface area contributed by atoms with E-state index in [1.54, 1.807) is 12.4 Å². The van der Waals surface area contributed by atoms with Gasteiger partial charge < -0.3 is 4.43 Å². The van der Waals surface area contributed by atoms with Gasteiger partial charge in [0.15, 0.2) is 14.1 Å². The maximum atomic E-state index is 14.6. The number of rotatable bonds is 10. The summed E-state index contributed by atoms with van der Waals surface area (Å²) in [5, 5.41) is 0.735. The van der Waals surface area contributed by atoms with Gasteiger partial charge >= 0.3 is 0 Å².